The number of hydrazine groups is 1. The molecule has 8 rings (SSSR count). The minimum atomic E-state index is -4.64. The number of ether oxygens (including phenoxy) is 7. The van der Waals surface area contributed by atoms with E-state index < -0.39 is 81.5 Å². The fourth-order valence-corrected chi connectivity index (χ4v) is 13.1. The van der Waals surface area contributed by atoms with Gasteiger partial charge in [-0.3, -0.25) is 38.7 Å². The molecule has 564 valence electrons. The molecular weight excluding hydrogens is 1390 g/mol. The minimum absolute atomic E-state index is 0.0145. The maximum Gasteiger partial charge on any atom is 0.354 e. The highest BCUT2D eigenvalue weighted by molar-refractivity contribution is 7.85. The fraction of sp³-hybridized carbons (Fsp3) is 0.465. The fourth-order valence-electron chi connectivity index (χ4n) is 12.2. The van der Waals surface area contributed by atoms with Crippen molar-refractivity contribution < 1.29 is 84.5 Å². The lowest BCUT2D eigenvalue weighted by atomic mass is 9.98. The van der Waals surface area contributed by atoms with E-state index in [2.05, 4.69) is 47.3 Å². The highest BCUT2D eigenvalue weighted by atomic mass is 35.5. The summed E-state index contributed by atoms with van der Waals surface area (Å²) in [5.41, 5.74) is 16.2. The van der Waals surface area contributed by atoms with Gasteiger partial charge in [0.05, 0.1) is 90.3 Å². The predicted molar refractivity (Wildman–Crippen MR) is 390 cm³/mol. The van der Waals surface area contributed by atoms with Crippen LogP contribution in [0, 0.1) is 19.8 Å². The molecule has 0 bridgehead atoms. The molecule has 0 saturated heterocycles. The van der Waals surface area contributed by atoms with E-state index in [-0.39, 0.29) is 135 Å². The van der Waals surface area contributed by atoms with Gasteiger partial charge in [-0.2, -0.15) is 8.42 Å². The predicted octanol–water partition coefficient (Wildman–Crippen LogP) is 5.19. The van der Waals surface area contributed by atoms with E-state index in [1.54, 1.807) is 69.3 Å². The van der Waals surface area contributed by atoms with Crippen LogP contribution >= 0.6 is 11.6 Å². The highest BCUT2D eigenvalue weighted by Crippen LogP contribution is 2.47. The highest BCUT2D eigenvalue weighted by Gasteiger charge is 2.38. The molecule has 1 unspecified atom stereocenters. The molecule has 4 heterocycles. The summed E-state index contributed by atoms with van der Waals surface area (Å²) in [6, 6.07) is 19.3. The average Bonchev–Trinajstić information content (AvgIpc) is 1.58. The van der Waals surface area contributed by atoms with Crippen LogP contribution in [0.5, 0.6) is 11.5 Å². The van der Waals surface area contributed by atoms with E-state index in [9.17, 15) is 51.3 Å². The number of hydrogen-bond acceptors (Lipinski definition) is 19. The summed E-state index contributed by atoms with van der Waals surface area (Å²) in [4.78, 5) is 114. The smallest absolute Gasteiger partial charge is 0.354 e. The van der Waals surface area contributed by atoms with Gasteiger partial charge in [0.1, 0.15) is 53.4 Å². The van der Waals surface area contributed by atoms with Gasteiger partial charge in [0.25, 0.3) is 16.0 Å². The Labute approximate surface area is 607 Å². The van der Waals surface area contributed by atoms with Gasteiger partial charge < -0.3 is 90.2 Å². The van der Waals surface area contributed by atoms with Crippen molar-refractivity contribution in [2.45, 2.75) is 97.1 Å². The SMILES string of the molecule is CNN(C)Cc1cc2ccccc2n1CCC(=O)N[C@@H](CS(=O)(=O)O)C(=O)NCCOCCOCCOCCOCCC(=O)NC(C(=O)N[C@@H](CCCNC(N)=O)C(=O)Nc1ccc(COc2cc3c(c4cc(C(=O)OC)[nH]c24)[C@H](CCl)CN3C(=O)c2cc3cc(C)c(OC)c(C)c3[nH]2)cc1)C(C)C. The largest absolute Gasteiger partial charge is 0.496 e. The summed E-state index contributed by atoms with van der Waals surface area (Å²) in [6.07, 6.45) is 0.185. The number of anilines is 2. The lowest BCUT2D eigenvalue weighted by molar-refractivity contribution is -0.132. The second-order valence-electron chi connectivity index (χ2n) is 25.3. The van der Waals surface area contributed by atoms with E-state index >= 15 is 0 Å². The molecule has 4 atom stereocenters. The van der Waals surface area contributed by atoms with E-state index in [0.29, 0.717) is 45.8 Å². The third-order valence-corrected chi connectivity index (χ3v) is 18.6. The molecule has 104 heavy (non-hydrogen) atoms. The standard InChI is InChI=1S/C71H94ClN13O18S/c1-42(2)62(82-60(87)20-24-99-26-28-101-30-31-102-29-27-100-25-22-75-66(88)55(41-104(94,95)96)78-59(86)19-23-84-50(39-83(6)74-5)33-46-12-9-10-14-56(46)84)68(90)81-52(13-11-21-76-71(73)93)67(89)77-49-17-15-45(16-18-49)40-103-58-36-57-61(51-35-54(70(92)98-8)80-64(51)58)48(37-72)38-85(57)69(91)53-34-47-32-43(3)65(97-7)44(4)63(47)79-53/h9-10,12,14-18,32-36,42,48,52,55,62,74,79-80H,11,13,19-31,37-41H2,1-8H3,(H,75,88)(H,77,89)(H,78,86)(H,81,90)(H,82,87)(H3,73,76,93)(H,94,95,96)/t48-,52+,55+,62?/m1/s1. The Morgan fingerprint density at radius 3 is 2.08 bits per heavy atom. The number of primary amides is 1. The number of alkyl halides is 1. The number of fused-ring (bicyclic) bond motifs is 5. The van der Waals surface area contributed by atoms with E-state index in [4.69, 9.17) is 50.5 Å². The van der Waals surface area contributed by atoms with E-state index in [1.165, 1.54) is 7.11 Å². The van der Waals surface area contributed by atoms with Crippen molar-refractivity contribution in [1.82, 2.24) is 51.6 Å². The first-order chi connectivity index (χ1) is 49.8. The zero-order valence-electron chi connectivity index (χ0n) is 59.6. The van der Waals surface area contributed by atoms with Crippen LogP contribution in [0.15, 0.2) is 78.9 Å². The third-order valence-electron chi connectivity index (χ3n) is 17.5. The topological polar surface area (TPSA) is 409 Å². The summed E-state index contributed by atoms with van der Waals surface area (Å²) in [6.45, 7) is 9.70. The number of nitrogens with zero attached hydrogens (tertiary/aromatic N) is 3. The Bertz CT molecular complexity index is 4280. The molecule has 0 fully saturated rings. The second kappa shape index (κ2) is 38.4. The first-order valence-electron chi connectivity index (χ1n) is 34.1. The first-order valence-corrected chi connectivity index (χ1v) is 36.2. The van der Waals surface area contributed by atoms with Gasteiger partial charge >= 0.3 is 12.0 Å². The van der Waals surface area contributed by atoms with E-state index in [1.807, 2.05) is 72.9 Å². The number of aryl methyl sites for hydroxylation is 3. The zero-order valence-corrected chi connectivity index (χ0v) is 61.2. The number of carbonyl (C=O) groups is 8. The van der Waals surface area contributed by atoms with Crippen molar-refractivity contribution in [2.75, 3.05) is 123 Å². The number of aromatic nitrogens is 3. The Morgan fingerprint density at radius 2 is 1.42 bits per heavy atom. The Kier molecular flexibility index (Phi) is 29.7. The number of amides is 8. The quantitative estimate of drug-likeness (QED) is 0.00770. The van der Waals surface area contributed by atoms with Crippen LogP contribution in [0.4, 0.5) is 16.2 Å². The zero-order chi connectivity index (χ0) is 75.2. The normalized spacial score (nSPS) is 13.8. The molecule has 0 aliphatic carbocycles. The first kappa shape index (κ1) is 80.3. The Hall–Kier alpha value is -9.38. The maximum absolute atomic E-state index is 14.5. The molecule has 1 aliphatic heterocycles. The number of benzene rings is 4. The van der Waals surface area contributed by atoms with Crippen molar-refractivity contribution >= 4 is 113 Å². The maximum atomic E-state index is 14.5. The molecule has 12 N–H and O–H groups in total. The summed E-state index contributed by atoms with van der Waals surface area (Å²) in [5, 5.41) is 20.2. The molecule has 0 spiro atoms. The van der Waals surface area contributed by atoms with Gasteiger partial charge in [0.15, 0.2) is 0 Å². The summed E-state index contributed by atoms with van der Waals surface area (Å²) >= 11 is 6.61. The minimum Gasteiger partial charge on any atom is -0.496 e. The monoisotopic (exact) mass is 1480 g/mol. The lowest BCUT2D eigenvalue weighted by Gasteiger charge is -2.25. The van der Waals surface area contributed by atoms with Crippen LogP contribution < -0.4 is 57.4 Å². The van der Waals surface area contributed by atoms with Crippen LogP contribution in [0.1, 0.15) is 94.4 Å². The summed E-state index contributed by atoms with van der Waals surface area (Å²) in [7, 11) is 1.91. The summed E-state index contributed by atoms with van der Waals surface area (Å²) in [5.74, 6) is -4.42. The number of aromatic amines is 2. The van der Waals surface area contributed by atoms with Crippen molar-refractivity contribution in [1.29, 1.82) is 0 Å². The van der Waals surface area contributed by atoms with Crippen LogP contribution in [-0.2, 0) is 77.5 Å². The van der Waals surface area contributed by atoms with Gasteiger partial charge in [-0.1, -0.05) is 44.2 Å². The van der Waals surface area contributed by atoms with Gasteiger partial charge in [-0.05, 0) is 104 Å². The number of carbonyl (C=O) groups excluding carboxylic acids is 8. The molecule has 3 aromatic heterocycles. The van der Waals surface area contributed by atoms with Crippen LogP contribution in [0.3, 0.4) is 0 Å². The molecule has 0 saturated carbocycles. The Balaban J connectivity index is 0.743. The van der Waals surface area contributed by atoms with Gasteiger partial charge in [0, 0.05) is 97.2 Å². The van der Waals surface area contributed by atoms with Crippen LogP contribution in [0.25, 0.3) is 32.7 Å². The number of nitrogens with one attached hydrogen (secondary N) is 9. The molecule has 4 aromatic carbocycles. The molecule has 7 aromatic rings. The molecule has 1 aliphatic rings. The number of urea groups is 1. The number of rotatable bonds is 42. The number of esters is 1. The number of H-pyrrole nitrogens is 2. The molecule has 31 nitrogen and oxygen atoms in total. The average molecular weight is 1490 g/mol. The number of methoxy groups -OCH3 is 2. The number of halogens is 1. The van der Waals surface area contributed by atoms with Gasteiger partial charge in [-0.15, -0.1) is 11.6 Å². The molecule has 8 amide bonds. The van der Waals surface area contributed by atoms with Crippen molar-refractivity contribution in [2.24, 2.45) is 11.7 Å². The van der Waals surface area contributed by atoms with Gasteiger partial charge in [0.2, 0.25) is 29.5 Å². The van der Waals surface area contributed by atoms with Crippen molar-refractivity contribution in [3.8, 4) is 11.5 Å². The molecule has 0 radical (unpaired) electrons. The van der Waals surface area contributed by atoms with Gasteiger partial charge in [-0.25, -0.2) is 14.6 Å². The summed E-state index contributed by atoms with van der Waals surface area (Å²) < 4.78 is 74.6. The lowest BCUT2D eigenvalue weighted by Crippen LogP contribution is -2.54. The molecule has 33 heteroatoms. The van der Waals surface area contributed by atoms with Crippen LogP contribution in [-0.4, -0.2) is 211 Å². The Morgan fingerprint density at radius 1 is 0.750 bits per heavy atom. The van der Waals surface area contributed by atoms with E-state index in [0.717, 1.165) is 49.9 Å². The van der Waals surface area contributed by atoms with Crippen LogP contribution in [0.2, 0.25) is 0 Å². The number of para-hydroxylation sites is 1. The number of nitrogens with two attached hydrogens (primary N) is 1. The van der Waals surface area contributed by atoms with Crippen molar-refractivity contribution in [3.63, 3.8) is 0 Å². The number of hydrogen-bond donors (Lipinski definition) is 11. The third kappa shape index (κ3) is 22.1. The van der Waals surface area contributed by atoms with Crippen molar-refractivity contribution in [3.05, 3.63) is 118 Å². The molecular formula is C71H94ClN13O18S. The second-order valence-corrected chi connectivity index (χ2v) is 27.1.